The molecule has 0 amide bonds. The summed E-state index contributed by atoms with van der Waals surface area (Å²) in [5, 5.41) is 0.956. The van der Waals surface area contributed by atoms with Crippen LogP contribution in [0.1, 0.15) is 5.56 Å². The highest BCUT2D eigenvalue weighted by molar-refractivity contribution is 5.93. The molecule has 4 nitrogen and oxygen atoms in total. The number of rotatable bonds is 2. The van der Waals surface area contributed by atoms with E-state index in [1.165, 1.54) is 11.6 Å². The zero-order valence-corrected chi connectivity index (χ0v) is 13.9. The lowest BCUT2D eigenvalue weighted by molar-refractivity contribution is 0.630. The standard InChI is InChI=1S/C21H15FN4/c22-17-7-3-1-5-15(17)20-24-18-8-4-2-6-16(18)21(25-20)26-12-10-14-13-23-11-9-19(14)26/h1-9,11,13H,10,12H2. The fourth-order valence-electron chi connectivity index (χ4n) is 3.48. The molecule has 2 aromatic carbocycles. The summed E-state index contributed by atoms with van der Waals surface area (Å²) < 4.78 is 14.3. The van der Waals surface area contributed by atoms with Crippen molar-refractivity contribution in [2.45, 2.75) is 6.42 Å². The van der Waals surface area contributed by atoms with E-state index >= 15 is 0 Å². The molecular weight excluding hydrogens is 327 g/mol. The normalized spacial score (nSPS) is 13.2. The van der Waals surface area contributed by atoms with Gasteiger partial charge in [0.05, 0.1) is 11.1 Å². The predicted molar refractivity (Wildman–Crippen MR) is 99.9 cm³/mol. The van der Waals surface area contributed by atoms with Crippen molar-refractivity contribution in [1.82, 2.24) is 15.0 Å². The molecular formula is C21H15FN4. The summed E-state index contributed by atoms with van der Waals surface area (Å²) >= 11 is 0. The van der Waals surface area contributed by atoms with Gasteiger partial charge in [0.25, 0.3) is 0 Å². The Balaban J connectivity index is 1.76. The Kier molecular flexibility index (Phi) is 3.38. The molecule has 0 unspecified atom stereocenters. The van der Waals surface area contributed by atoms with Crippen LogP contribution in [0.2, 0.25) is 0 Å². The molecule has 0 aliphatic carbocycles. The topological polar surface area (TPSA) is 41.9 Å². The monoisotopic (exact) mass is 342 g/mol. The van der Waals surface area contributed by atoms with Crippen molar-refractivity contribution in [3.05, 3.63) is 78.4 Å². The highest BCUT2D eigenvalue weighted by Crippen LogP contribution is 2.37. The number of benzene rings is 2. The lowest BCUT2D eigenvalue weighted by Crippen LogP contribution is -2.16. The number of para-hydroxylation sites is 1. The van der Waals surface area contributed by atoms with Gasteiger partial charge in [-0.15, -0.1) is 0 Å². The van der Waals surface area contributed by atoms with Crippen LogP contribution in [0.5, 0.6) is 0 Å². The maximum absolute atomic E-state index is 14.3. The van der Waals surface area contributed by atoms with Crippen molar-refractivity contribution in [2.75, 3.05) is 11.4 Å². The van der Waals surface area contributed by atoms with Gasteiger partial charge in [0, 0.05) is 30.0 Å². The first-order chi connectivity index (χ1) is 12.8. The average Bonchev–Trinajstić information content (AvgIpc) is 3.11. The third-order valence-electron chi connectivity index (χ3n) is 4.73. The predicted octanol–water partition coefficient (Wildman–Crippen LogP) is 4.53. The summed E-state index contributed by atoms with van der Waals surface area (Å²) in [4.78, 5) is 15.8. The van der Waals surface area contributed by atoms with Gasteiger partial charge in [0.1, 0.15) is 11.6 Å². The molecule has 0 N–H and O–H groups in total. The molecule has 0 atom stereocenters. The van der Waals surface area contributed by atoms with Crippen LogP contribution in [-0.2, 0) is 6.42 Å². The zero-order valence-electron chi connectivity index (χ0n) is 13.9. The average molecular weight is 342 g/mol. The van der Waals surface area contributed by atoms with Gasteiger partial charge in [-0.3, -0.25) is 4.98 Å². The van der Waals surface area contributed by atoms with E-state index in [1.807, 2.05) is 36.5 Å². The molecule has 5 rings (SSSR count). The van der Waals surface area contributed by atoms with Crippen LogP contribution in [0.3, 0.4) is 0 Å². The molecule has 126 valence electrons. The van der Waals surface area contributed by atoms with Gasteiger partial charge < -0.3 is 4.90 Å². The Morgan fingerprint density at radius 3 is 2.69 bits per heavy atom. The minimum absolute atomic E-state index is 0.320. The summed E-state index contributed by atoms with van der Waals surface area (Å²) in [7, 11) is 0. The molecule has 1 aliphatic heterocycles. The number of aromatic nitrogens is 3. The van der Waals surface area contributed by atoms with Crippen LogP contribution in [0.25, 0.3) is 22.3 Å². The highest BCUT2D eigenvalue weighted by atomic mass is 19.1. The minimum atomic E-state index is -0.320. The summed E-state index contributed by atoms with van der Waals surface area (Å²) in [6, 6.07) is 16.5. The first kappa shape index (κ1) is 15.0. The van der Waals surface area contributed by atoms with E-state index in [2.05, 4.69) is 14.9 Å². The van der Waals surface area contributed by atoms with Crippen molar-refractivity contribution in [3.8, 4) is 11.4 Å². The largest absolute Gasteiger partial charge is 0.325 e. The van der Waals surface area contributed by atoms with Gasteiger partial charge in [0.15, 0.2) is 5.82 Å². The zero-order chi connectivity index (χ0) is 17.5. The Labute approximate surface area is 150 Å². The summed E-state index contributed by atoms with van der Waals surface area (Å²) in [6.45, 7) is 0.818. The molecule has 4 aromatic rings. The van der Waals surface area contributed by atoms with Crippen molar-refractivity contribution >= 4 is 22.4 Å². The molecule has 0 fully saturated rings. The van der Waals surface area contributed by atoms with Crippen molar-refractivity contribution in [3.63, 3.8) is 0 Å². The van der Waals surface area contributed by atoms with E-state index in [1.54, 1.807) is 24.4 Å². The number of pyridine rings is 1. The van der Waals surface area contributed by atoms with Gasteiger partial charge in [-0.1, -0.05) is 24.3 Å². The second kappa shape index (κ2) is 5.88. The smallest absolute Gasteiger partial charge is 0.165 e. The lowest BCUT2D eigenvalue weighted by Gasteiger charge is -2.21. The van der Waals surface area contributed by atoms with Gasteiger partial charge in [-0.2, -0.15) is 0 Å². The van der Waals surface area contributed by atoms with E-state index in [4.69, 9.17) is 4.98 Å². The van der Waals surface area contributed by atoms with E-state index in [0.717, 1.165) is 35.4 Å². The van der Waals surface area contributed by atoms with E-state index in [9.17, 15) is 4.39 Å². The molecule has 0 saturated carbocycles. The Hall–Kier alpha value is -3.34. The van der Waals surface area contributed by atoms with E-state index < -0.39 is 0 Å². The van der Waals surface area contributed by atoms with Gasteiger partial charge in [-0.25, -0.2) is 14.4 Å². The summed E-state index contributed by atoms with van der Waals surface area (Å²) in [6.07, 6.45) is 4.60. The third kappa shape index (κ3) is 2.32. The van der Waals surface area contributed by atoms with Crippen LogP contribution < -0.4 is 4.90 Å². The maximum Gasteiger partial charge on any atom is 0.165 e. The molecule has 26 heavy (non-hydrogen) atoms. The fourth-order valence-corrected chi connectivity index (χ4v) is 3.48. The van der Waals surface area contributed by atoms with Gasteiger partial charge >= 0.3 is 0 Å². The maximum atomic E-state index is 14.3. The van der Waals surface area contributed by atoms with Crippen molar-refractivity contribution in [1.29, 1.82) is 0 Å². The second-order valence-electron chi connectivity index (χ2n) is 6.27. The van der Waals surface area contributed by atoms with Crippen LogP contribution in [-0.4, -0.2) is 21.5 Å². The molecule has 0 radical (unpaired) electrons. The number of hydrogen-bond donors (Lipinski definition) is 0. The number of fused-ring (bicyclic) bond motifs is 2. The first-order valence-electron chi connectivity index (χ1n) is 8.53. The number of nitrogens with zero attached hydrogens (tertiary/aromatic N) is 4. The SMILES string of the molecule is Fc1ccccc1-c1nc(N2CCc3cnccc32)c2ccccc2n1. The molecule has 2 aromatic heterocycles. The van der Waals surface area contributed by atoms with Gasteiger partial charge in [0.2, 0.25) is 0 Å². The molecule has 3 heterocycles. The molecule has 0 spiro atoms. The van der Waals surface area contributed by atoms with Crippen molar-refractivity contribution in [2.24, 2.45) is 0 Å². The van der Waals surface area contributed by atoms with E-state index in [0.29, 0.717) is 11.4 Å². The van der Waals surface area contributed by atoms with Crippen LogP contribution in [0, 0.1) is 5.82 Å². The first-order valence-corrected chi connectivity index (χ1v) is 8.53. The molecule has 0 saturated heterocycles. The fraction of sp³-hybridized carbons (Fsp3) is 0.0952. The number of hydrogen-bond acceptors (Lipinski definition) is 4. The molecule has 5 heteroatoms. The minimum Gasteiger partial charge on any atom is -0.325 e. The Morgan fingerprint density at radius 2 is 1.77 bits per heavy atom. The van der Waals surface area contributed by atoms with Crippen LogP contribution in [0.15, 0.2) is 67.0 Å². The van der Waals surface area contributed by atoms with Gasteiger partial charge in [-0.05, 0) is 42.3 Å². The Bertz CT molecular complexity index is 1130. The molecule has 0 bridgehead atoms. The summed E-state index contributed by atoms with van der Waals surface area (Å²) in [5.74, 6) is 0.887. The van der Waals surface area contributed by atoms with Crippen LogP contribution in [0.4, 0.5) is 15.9 Å². The number of anilines is 2. The van der Waals surface area contributed by atoms with Crippen molar-refractivity contribution < 1.29 is 4.39 Å². The summed E-state index contributed by atoms with van der Waals surface area (Å²) in [5.41, 5.74) is 3.51. The van der Waals surface area contributed by atoms with E-state index in [-0.39, 0.29) is 5.82 Å². The third-order valence-corrected chi connectivity index (χ3v) is 4.73. The second-order valence-corrected chi connectivity index (χ2v) is 6.27. The highest BCUT2D eigenvalue weighted by Gasteiger charge is 2.24. The lowest BCUT2D eigenvalue weighted by atomic mass is 10.1. The van der Waals surface area contributed by atoms with Crippen LogP contribution >= 0.6 is 0 Å². The quantitative estimate of drug-likeness (QED) is 0.537. The molecule has 1 aliphatic rings. The number of halogens is 1. The Morgan fingerprint density at radius 1 is 0.923 bits per heavy atom.